The first-order valence-corrected chi connectivity index (χ1v) is 5.23. The van der Waals surface area contributed by atoms with E-state index in [4.69, 9.17) is 11.6 Å². The van der Waals surface area contributed by atoms with Gasteiger partial charge in [-0.05, 0) is 13.8 Å². The Kier molecular flexibility index (Phi) is 3.27. The number of nitrogens with one attached hydrogen (secondary N) is 1. The molecule has 0 fully saturated rings. The summed E-state index contributed by atoms with van der Waals surface area (Å²) in [5.74, 6) is 0.269. The van der Waals surface area contributed by atoms with Crippen LogP contribution < -0.4 is 5.32 Å². The fourth-order valence-electron chi connectivity index (χ4n) is 0.730. The second-order valence-corrected chi connectivity index (χ2v) is 4.49. The normalized spacial score (nSPS) is 11.3. The lowest BCUT2D eigenvalue weighted by Gasteiger charge is -2.22. The molecule has 0 radical (unpaired) electrons. The van der Waals surface area contributed by atoms with Gasteiger partial charge >= 0.3 is 0 Å². The van der Waals surface area contributed by atoms with Crippen molar-refractivity contribution < 1.29 is 4.79 Å². The van der Waals surface area contributed by atoms with Gasteiger partial charge in [0, 0.05) is 11.4 Å². The fraction of sp³-hybridized carbons (Fsp3) is 0.500. The van der Waals surface area contributed by atoms with Crippen LogP contribution in [-0.2, 0) is 0 Å². The number of thiazole rings is 1. The van der Waals surface area contributed by atoms with Crippen molar-refractivity contribution in [1.29, 1.82) is 0 Å². The van der Waals surface area contributed by atoms with Crippen molar-refractivity contribution in [2.24, 2.45) is 0 Å². The molecule has 0 spiro atoms. The molecule has 13 heavy (non-hydrogen) atoms. The van der Waals surface area contributed by atoms with Crippen LogP contribution in [0.25, 0.3) is 0 Å². The first-order chi connectivity index (χ1) is 6.05. The van der Waals surface area contributed by atoms with E-state index in [1.54, 1.807) is 11.7 Å². The van der Waals surface area contributed by atoms with Gasteiger partial charge in [-0.25, -0.2) is 0 Å². The number of hydrogen-bond donors (Lipinski definition) is 1. The average Bonchev–Trinajstić information content (AvgIpc) is 2.55. The van der Waals surface area contributed by atoms with Crippen molar-refractivity contribution >= 4 is 28.8 Å². The van der Waals surface area contributed by atoms with Crippen molar-refractivity contribution in [1.82, 2.24) is 10.3 Å². The summed E-state index contributed by atoms with van der Waals surface area (Å²) in [6.07, 6.45) is 1.55. The number of rotatable bonds is 3. The molecule has 1 aromatic rings. The minimum Gasteiger partial charge on any atom is -0.345 e. The van der Waals surface area contributed by atoms with E-state index < -0.39 is 0 Å². The zero-order valence-corrected chi connectivity index (χ0v) is 9.08. The van der Waals surface area contributed by atoms with E-state index in [2.05, 4.69) is 10.3 Å². The van der Waals surface area contributed by atoms with Gasteiger partial charge in [0.05, 0.1) is 11.7 Å². The molecule has 0 saturated heterocycles. The first kappa shape index (κ1) is 10.5. The van der Waals surface area contributed by atoms with Crippen molar-refractivity contribution in [3.63, 3.8) is 0 Å². The molecule has 1 heterocycles. The molecule has 1 amide bonds. The lowest BCUT2D eigenvalue weighted by molar-refractivity contribution is 0.0924. The van der Waals surface area contributed by atoms with Crippen molar-refractivity contribution in [2.45, 2.75) is 19.4 Å². The molecule has 0 bridgehead atoms. The molecule has 0 aliphatic rings. The number of halogens is 1. The summed E-state index contributed by atoms with van der Waals surface area (Å²) in [6, 6.07) is 0. The zero-order chi connectivity index (χ0) is 9.90. The van der Waals surface area contributed by atoms with E-state index in [0.717, 1.165) is 0 Å². The van der Waals surface area contributed by atoms with Gasteiger partial charge in [0.1, 0.15) is 4.88 Å². The van der Waals surface area contributed by atoms with Gasteiger partial charge in [-0.1, -0.05) is 0 Å². The molecular formula is C8H11ClN2OS. The van der Waals surface area contributed by atoms with E-state index in [-0.39, 0.29) is 11.4 Å². The Balaban J connectivity index is 2.61. The second kappa shape index (κ2) is 4.07. The van der Waals surface area contributed by atoms with Crippen LogP contribution in [0.15, 0.2) is 11.7 Å². The molecule has 0 aromatic carbocycles. The molecule has 0 aliphatic carbocycles. The Labute approximate surface area is 86.1 Å². The number of hydrogen-bond acceptors (Lipinski definition) is 3. The third-order valence-corrected chi connectivity index (χ3v) is 2.88. The molecule has 1 aromatic heterocycles. The van der Waals surface area contributed by atoms with Crippen molar-refractivity contribution in [3.05, 3.63) is 16.6 Å². The summed E-state index contributed by atoms with van der Waals surface area (Å²) in [4.78, 5) is 15.9. The number of alkyl halides is 1. The average molecular weight is 219 g/mol. The number of nitrogens with zero attached hydrogens (tertiary/aromatic N) is 1. The predicted molar refractivity (Wildman–Crippen MR) is 54.4 cm³/mol. The van der Waals surface area contributed by atoms with Crippen LogP contribution in [0.4, 0.5) is 0 Å². The summed E-state index contributed by atoms with van der Waals surface area (Å²) in [5, 5.41) is 2.81. The van der Waals surface area contributed by atoms with E-state index >= 15 is 0 Å². The second-order valence-electron chi connectivity index (χ2n) is 3.34. The topological polar surface area (TPSA) is 42.0 Å². The highest BCUT2D eigenvalue weighted by molar-refractivity contribution is 7.11. The molecule has 0 aliphatic heterocycles. The molecule has 0 saturated carbocycles. The smallest absolute Gasteiger partial charge is 0.263 e. The van der Waals surface area contributed by atoms with Gasteiger partial charge < -0.3 is 5.32 Å². The SMILES string of the molecule is CC(C)(CCl)NC(=O)c1cncs1. The van der Waals surface area contributed by atoms with Crippen LogP contribution in [-0.4, -0.2) is 22.3 Å². The van der Waals surface area contributed by atoms with Crippen LogP contribution >= 0.6 is 22.9 Å². The summed E-state index contributed by atoms with van der Waals surface area (Å²) < 4.78 is 0. The quantitative estimate of drug-likeness (QED) is 0.788. The van der Waals surface area contributed by atoms with Gasteiger partial charge in [-0.15, -0.1) is 22.9 Å². The Bertz CT molecular complexity index is 284. The molecule has 1 N–H and O–H groups in total. The van der Waals surface area contributed by atoms with Crippen LogP contribution in [0, 0.1) is 0 Å². The summed E-state index contributed by atoms with van der Waals surface area (Å²) in [6.45, 7) is 3.75. The lowest BCUT2D eigenvalue weighted by Crippen LogP contribution is -2.44. The van der Waals surface area contributed by atoms with Gasteiger partial charge in [0.15, 0.2) is 0 Å². The molecule has 0 atom stereocenters. The molecular weight excluding hydrogens is 208 g/mol. The minimum absolute atomic E-state index is 0.117. The van der Waals surface area contributed by atoms with E-state index in [1.165, 1.54) is 11.3 Å². The van der Waals surface area contributed by atoms with Crippen LogP contribution in [0.2, 0.25) is 0 Å². The van der Waals surface area contributed by atoms with Crippen LogP contribution in [0.5, 0.6) is 0 Å². The van der Waals surface area contributed by atoms with E-state index in [9.17, 15) is 4.79 Å². The molecule has 0 unspecified atom stereocenters. The lowest BCUT2D eigenvalue weighted by atomic mass is 10.1. The summed E-state index contributed by atoms with van der Waals surface area (Å²) in [5.41, 5.74) is 1.26. The van der Waals surface area contributed by atoms with E-state index in [1.807, 2.05) is 13.8 Å². The third-order valence-electron chi connectivity index (χ3n) is 1.44. The Morgan fingerprint density at radius 2 is 2.46 bits per heavy atom. The molecule has 5 heteroatoms. The molecule has 1 rings (SSSR count). The number of amides is 1. The highest BCUT2D eigenvalue weighted by Gasteiger charge is 2.20. The maximum absolute atomic E-state index is 11.5. The van der Waals surface area contributed by atoms with Gasteiger partial charge in [0.2, 0.25) is 0 Å². The number of carbonyl (C=O) groups is 1. The first-order valence-electron chi connectivity index (χ1n) is 3.82. The summed E-state index contributed by atoms with van der Waals surface area (Å²) in [7, 11) is 0. The van der Waals surface area contributed by atoms with Crippen LogP contribution in [0.3, 0.4) is 0 Å². The Hall–Kier alpha value is -0.610. The summed E-state index contributed by atoms with van der Waals surface area (Å²) >= 11 is 6.99. The van der Waals surface area contributed by atoms with Crippen molar-refractivity contribution in [3.8, 4) is 0 Å². The van der Waals surface area contributed by atoms with Crippen LogP contribution in [0.1, 0.15) is 23.5 Å². The Morgan fingerprint density at radius 3 is 2.92 bits per heavy atom. The predicted octanol–water partition coefficient (Wildman–Crippen LogP) is 1.89. The highest BCUT2D eigenvalue weighted by Crippen LogP contribution is 2.09. The van der Waals surface area contributed by atoms with Crippen molar-refractivity contribution in [2.75, 3.05) is 5.88 Å². The monoisotopic (exact) mass is 218 g/mol. The molecule has 3 nitrogen and oxygen atoms in total. The number of aromatic nitrogens is 1. The highest BCUT2D eigenvalue weighted by atomic mass is 35.5. The fourth-order valence-corrected chi connectivity index (χ4v) is 1.31. The minimum atomic E-state index is -0.372. The third kappa shape index (κ3) is 2.97. The zero-order valence-electron chi connectivity index (χ0n) is 7.50. The van der Waals surface area contributed by atoms with E-state index in [0.29, 0.717) is 10.8 Å². The van der Waals surface area contributed by atoms with Gasteiger partial charge in [-0.2, -0.15) is 0 Å². The number of carbonyl (C=O) groups excluding carboxylic acids is 1. The maximum atomic E-state index is 11.5. The molecule has 72 valence electrons. The van der Waals surface area contributed by atoms with Gasteiger partial charge in [0.25, 0.3) is 5.91 Å². The standard InChI is InChI=1S/C8H11ClN2OS/c1-8(2,4-9)11-7(12)6-3-10-5-13-6/h3,5H,4H2,1-2H3,(H,11,12). The largest absolute Gasteiger partial charge is 0.345 e. The maximum Gasteiger partial charge on any atom is 0.263 e. The van der Waals surface area contributed by atoms with Gasteiger partial charge in [-0.3, -0.25) is 9.78 Å². The Morgan fingerprint density at radius 1 is 1.77 bits per heavy atom.